The zero-order chi connectivity index (χ0) is 13.7. The number of rotatable bonds is 6. The second kappa shape index (κ2) is 6.96. The lowest BCUT2D eigenvalue weighted by Gasteiger charge is -2.04. The standard InChI is InChI=1S/C15H19NOS2/c1-3-11-5-7-12(8-6-11)17-9-15-16-13(4-2)14(10-18)19-15/h5-8,18H,3-4,9-10H2,1-2H3. The van der Waals surface area contributed by atoms with Crippen LogP contribution in [0.1, 0.15) is 35.0 Å². The normalized spacial score (nSPS) is 10.7. The first-order valence-electron chi connectivity index (χ1n) is 6.56. The summed E-state index contributed by atoms with van der Waals surface area (Å²) in [5, 5.41) is 1.03. The van der Waals surface area contributed by atoms with Crippen molar-refractivity contribution in [2.24, 2.45) is 0 Å². The van der Waals surface area contributed by atoms with Gasteiger partial charge in [-0.25, -0.2) is 4.98 Å². The molecule has 0 bridgehead atoms. The molecule has 19 heavy (non-hydrogen) atoms. The van der Waals surface area contributed by atoms with Gasteiger partial charge in [-0.1, -0.05) is 26.0 Å². The molecule has 0 aliphatic rings. The molecule has 0 fully saturated rings. The van der Waals surface area contributed by atoms with Gasteiger partial charge in [-0.3, -0.25) is 0 Å². The second-order valence-electron chi connectivity index (χ2n) is 4.28. The summed E-state index contributed by atoms with van der Waals surface area (Å²) in [5.74, 6) is 1.66. The topological polar surface area (TPSA) is 22.1 Å². The monoisotopic (exact) mass is 293 g/mol. The van der Waals surface area contributed by atoms with Gasteiger partial charge in [0.25, 0.3) is 0 Å². The molecular weight excluding hydrogens is 274 g/mol. The highest BCUT2D eigenvalue weighted by Crippen LogP contribution is 2.22. The smallest absolute Gasteiger partial charge is 0.140 e. The van der Waals surface area contributed by atoms with Crippen LogP contribution in [0.25, 0.3) is 0 Å². The Morgan fingerprint density at radius 2 is 1.89 bits per heavy atom. The molecule has 1 heterocycles. The molecule has 4 heteroatoms. The second-order valence-corrected chi connectivity index (χ2v) is 5.76. The number of hydrogen-bond donors (Lipinski definition) is 1. The van der Waals surface area contributed by atoms with Gasteiger partial charge >= 0.3 is 0 Å². The van der Waals surface area contributed by atoms with Crippen LogP contribution in [0.4, 0.5) is 0 Å². The number of hydrogen-bond acceptors (Lipinski definition) is 4. The molecule has 1 aromatic heterocycles. The third-order valence-electron chi connectivity index (χ3n) is 2.99. The van der Waals surface area contributed by atoms with Gasteiger partial charge < -0.3 is 4.74 Å². The number of benzene rings is 1. The van der Waals surface area contributed by atoms with Gasteiger partial charge in [0.1, 0.15) is 17.4 Å². The van der Waals surface area contributed by atoms with Crippen molar-refractivity contribution in [3.05, 3.63) is 45.4 Å². The van der Waals surface area contributed by atoms with E-state index in [-0.39, 0.29) is 0 Å². The summed E-state index contributed by atoms with van der Waals surface area (Å²) in [7, 11) is 0. The Bertz CT molecular complexity index is 498. The molecule has 0 atom stereocenters. The maximum Gasteiger partial charge on any atom is 0.140 e. The molecule has 0 saturated heterocycles. The molecule has 2 nitrogen and oxygen atoms in total. The van der Waals surface area contributed by atoms with Gasteiger partial charge in [-0.2, -0.15) is 12.6 Å². The Kier molecular flexibility index (Phi) is 5.28. The van der Waals surface area contributed by atoms with E-state index in [2.05, 4.69) is 43.6 Å². The van der Waals surface area contributed by atoms with Crippen LogP contribution < -0.4 is 4.74 Å². The number of ether oxygens (including phenoxy) is 1. The van der Waals surface area contributed by atoms with Gasteiger partial charge in [0.05, 0.1) is 5.69 Å². The summed E-state index contributed by atoms with van der Waals surface area (Å²) in [6, 6.07) is 8.25. The molecule has 1 aromatic carbocycles. The van der Waals surface area contributed by atoms with E-state index in [9.17, 15) is 0 Å². The Morgan fingerprint density at radius 3 is 2.42 bits per heavy atom. The zero-order valence-corrected chi connectivity index (χ0v) is 13.1. The van der Waals surface area contributed by atoms with Crippen LogP contribution in [0.5, 0.6) is 5.75 Å². The first kappa shape index (κ1) is 14.4. The predicted molar refractivity (Wildman–Crippen MR) is 84.3 cm³/mol. The lowest BCUT2D eigenvalue weighted by molar-refractivity contribution is 0.305. The first-order chi connectivity index (χ1) is 9.26. The third-order valence-corrected chi connectivity index (χ3v) is 4.60. The van der Waals surface area contributed by atoms with Gasteiger partial charge in [-0.15, -0.1) is 11.3 Å². The van der Waals surface area contributed by atoms with E-state index >= 15 is 0 Å². The molecule has 0 aliphatic heterocycles. The Morgan fingerprint density at radius 1 is 1.16 bits per heavy atom. The van der Waals surface area contributed by atoms with Crippen LogP contribution >= 0.6 is 24.0 Å². The fraction of sp³-hybridized carbons (Fsp3) is 0.400. The molecule has 0 aliphatic carbocycles. The molecule has 102 valence electrons. The molecule has 0 radical (unpaired) electrons. The number of thiol groups is 1. The highest BCUT2D eigenvalue weighted by atomic mass is 32.1. The van der Waals surface area contributed by atoms with Crippen molar-refractivity contribution in [3.8, 4) is 5.75 Å². The van der Waals surface area contributed by atoms with Crippen molar-refractivity contribution in [1.82, 2.24) is 4.98 Å². The Labute approximate surface area is 124 Å². The van der Waals surface area contributed by atoms with Crippen LogP contribution in [-0.4, -0.2) is 4.98 Å². The largest absolute Gasteiger partial charge is 0.486 e. The van der Waals surface area contributed by atoms with Crippen molar-refractivity contribution in [2.75, 3.05) is 0 Å². The van der Waals surface area contributed by atoms with Gasteiger partial charge in [-0.05, 0) is 30.5 Å². The minimum atomic E-state index is 0.539. The summed E-state index contributed by atoms with van der Waals surface area (Å²) in [5.41, 5.74) is 2.48. The lowest BCUT2D eigenvalue weighted by atomic mass is 10.2. The van der Waals surface area contributed by atoms with Crippen molar-refractivity contribution in [1.29, 1.82) is 0 Å². The molecule has 0 amide bonds. The first-order valence-corrected chi connectivity index (χ1v) is 8.01. The minimum absolute atomic E-state index is 0.539. The maximum atomic E-state index is 5.77. The molecule has 2 aromatic rings. The van der Waals surface area contributed by atoms with E-state index in [0.29, 0.717) is 6.61 Å². The van der Waals surface area contributed by atoms with Crippen LogP contribution in [0, 0.1) is 0 Å². The summed E-state index contributed by atoms with van der Waals surface area (Å²) in [6.07, 6.45) is 2.01. The van der Waals surface area contributed by atoms with Gasteiger partial charge in [0, 0.05) is 10.6 Å². The fourth-order valence-electron chi connectivity index (χ4n) is 1.86. The average Bonchev–Trinajstić information content (AvgIpc) is 2.88. The van der Waals surface area contributed by atoms with Crippen molar-refractivity contribution in [2.45, 2.75) is 39.0 Å². The van der Waals surface area contributed by atoms with E-state index < -0.39 is 0 Å². The highest BCUT2D eigenvalue weighted by molar-refractivity contribution is 7.79. The number of thiazole rings is 1. The molecule has 0 spiro atoms. The maximum absolute atomic E-state index is 5.77. The third kappa shape index (κ3) is 3.74. The van der Waals surface area contributed by atoms with E-state index in [0.717, 1.165) is 35.0 Å². The fourth-order valence-corrected chi connectivity index (χ4v) is 3.17. The van der Waals surface area contributed by atoms with E-state index in [1.165, 1.54) is 10.4 Å². The van der Waals surface area contributed by atoms with Gasteiger partial charge in [0.15, 0.2) is 0 Å². The summed E-state index contributed by atoms with van der Waals surface area (Å²) in [4.78, 5) is 5.85. The molecule has 0 N–H and O–H groups in total. The van der Waals surface area contributed by atoms with Crippen molar-refractivity contribution < 1.29 is 4.74 Å². The summed E-state index contributed by atoms with van der Waals surface area (Å²) in [6.45, 7) is 4.81. The van der Waals surface area contributed by atoms with E-state index in [4.69, 9.17) is 4.74 Å². The van der Waals surface area contributed by atoms with E-state index in [1.807, 2.05) is 12.1 Å². The zero-order valence-electron chi connectivity index (χ0n) is 11.3. The molecule has 0 unspecified atom stereocenters. The SMILES string of the molecule is CCc1ccc(OCc2nc(CC)c(CS)s2)cc1. The molecule has 2 rings (SSSR count). The lowest BCUT2D eigenvalue weighted by Crippen LogP contribution is -1.95. The number of aromatic nitrogens is 1. The summed E-state index contributed by atoms with van der Waals surface area (Å²) >= 11 is 6.04. The molecular formula is C15H19NOS2. The Balaban J connectivity index is 1.99. The number of nitrogens with zero attached hydrogens (tertiary/aromatic N) is 1. The quantitative estimate of drug-likeness (QED) is 0.803. The van der Waals surface area contributed by atoms with Crippen LogP contribution in [0.2, 0.25) is 0 Å². The van der Waals surface area contributed by atoms with Crippen molar-refractivity contribution >= 4 is 24.0 Å². The van der Waals surface area contributed by atoms with Crippen LogP contribution in [0.3, 0.4) is 0 Å². The Hall–Kier alpha value is -1.00. The predicted octanol–water partition coefficient (Wildman–Crippen LogP) is 4.28. The van der Waals surface area contributed by atoms with Crippen LogP contribution in [-0.2, 0) is 25.2 Å². The van der Waals surface area contributed by atoms with E-state index in [1.54, 1.807) is 11.3 Å². The minimum Gasteiger partial charge on any atom is -0.486 e. The number of aryl methyl sites for hydroxylation is 2. The van der Waals surface area contributed by atoms with Gasteiger partial charge in [0.2, 0.25) is 0 Å². The van der Waals surface area contributed by atoms with Crippen LogP contribution in [0.15, 0.2) is 24.3 Å². The summed E-state index contributed by atoms with van der Waals surface area (Å²) < 4.78 is 5.77. The highest BCUT2D eigenvalue weighted by Gasteiger charge is 2.08. The molecule has 0 saturated carbocycles. The average molecular weight is 293 g/mol. The van der Waals surface area contributed by atoms with Crippen molar-refractivity contribution in [3.63, 3.8) is 0 Å².